The number of unbranched alkanes of at least 4 members (excludes halogenated alkanes) is 25. The zero-order chi connectivity index (χ0) is 50.0. The van der Waals surface area contributed by atoms with E-state index < -0.39 is 6.10 Å². The van der Waals surface area contributed by atoms with E-state index in [0.29, 0.717) is 19.3 Å². The van der Waals surface area contributed by atoms with Crippen LogP contribution in [0, 0.1) is 0 Å². The second-order valence-corrected chi connectivity index (χ2v) is 18.6. The highest BCUT2D eigenvalue weighted by Gasteiger charge is 2.19. The fourth-order valence-electron chi connectivity index (χ4n) is 7.70. The average molecular weight is 958 g/mol. The first-order valence-electron chi connectivity index (χ1n) is 28.5. The van der Waals surface area contributed by atoms with Gasteiger partial charge in [-0.05, 0) is 70.6 Å². The number of hydrogen-bond donors (Lipinski definition) is 0. The molecule has 0 N–H and O–H groups in total. The molecule has 0 aromatic carbocycles. The van der Waals surface area contributed by atoms with Gasteiger partial charge in [0.2, 0.25) is 0 Å². The number of hydrogen-bond acceptors (Lipinski definition) is 6. The molecule has 69 heavy (non-hydrogen) atoms. The lowest BCUT2D eigenvalue weighted by Crippen LogP contribution is -2.30. The highest BCUT2D eigenvalue weighted by Crippen LogP contribution is 2.16. The zero-order valence-electron chi connectivity index (χ0n) is 44.8. The first-order valence-corrected chi connectivity index (χ1v) is 28.5. The molecular formula is C63H104O6. The number of allylic oxidation sites excluding steroid dienone is 18. The molecule has 6 nitrogen and oxygen atoms in total. The lowest BCUT2D eigenvalue weighted by atomic mass is 10.0. The van der Waals surface area contributed by atoms with Crippen LogP contribution in [0.3, 0.4) is 0 Å². The molecule has 1 unspecified atom stereocenters. The van der Waals surface area contributed by atoms with Crippen LogP contribution < -0.4 is 0 Å². The largest absolute Gasteiger partial charge is 0.462 e. The molecule has 0 heterocycles. The van der Waals surface area contributed by atoms with Gasteiger partial charge in [0.15, 0.2) is 6.10 Å². The van der Waals surface area contributed by atoms with Gasteiger partial charge >= 0.3 is 17.9 Å². The Balaban J connectivity index is 4.45. The van der Waals surface area contributed by atoms with E-state index in [0.717, 1.165) is 89.9 Å². The van der Waals surface area contributed by atoms with Crippen LogP contribution >= 0.6 is 0 Å². The van der Waals surface area contributed by atoms with Gasteiger partial charge in [-0.3, -0.25) is 14.4 Å². The monoisotopic (exact) mass is 957 g/mol. The van der Waals surface area contributed by atoms with Gasteiger partial charge < -0.3 is 14.2 Å². The van der Waals surface area contributed by atoms with Crippen LogP contribution in [0.5, 0.6) is 0 Å². The second-order valence-electron chi connectivity index (χ2n) is 18.6. The van der Waals surface area contributed by atoms with E-state index in [1.54, 1.807) is 0 Å². The topological polar surface area (TPSA) is 78.9 Å². The molecule has 0 aliphatic heterocycles. The van der Waals surface area contributed by atoms with E-state index in [1.807, 2.05) is 54.7 Å². The zero-order valence-corrected chi connectivity index (χ0v) is 44.8. The molecule has 1 atom stereocenters. The Morgan fingerprint density at radius 1 is 0.319 bits per heavy atom. The number of carbonyl (C=O) groups excluding carboxylic acids is 3. The van der Waals surface area contributed by atoms with E-state index >= 15 is 0 Å². The van der Waals surface area contributed by atoms with E-state index in [2.05, 4.69) is 75.5 Å². The molecule has 0 aliphatic carbocycles. The predicted octanol–water partition coefficient (Wildman–Crippen LogP) is 19.1. The quantitative estimate of drug-likeness (QED) is 0.0199. The van der Waals surface area contributed by atoms with Crippen LogP contribution in [0.15, 0.2) is 109 Å². The van der Waals surface area contributed by atoms with Crippen LogP contribution in [0.25, 0.3) is 0 Å². The Bertz CT molecular complexity index is 1420. The fraction of sp³-hybridized carbons (Fsp3) is 0.667. The lowest BCUT2D eigenvalue weighted by Gasteiger charge is -2.18. The van der Waals surface area contributed by atoms with Gasteiger partial charge in [-0.15, -0.1) is 0 Å². The van der Waals surface area contributed by atoms with Gasteiger partial charge in [-0.2, -0.15) is 0 Å². The summed E-state index contributed by atoms with van der Waals surface area (Å²) < 4.78 is 16.8. The van der Waals surface area contributed by atoms with Gasteiger partial charge in [0, 0.05) is 19.3 Å². The summed E-state index contributed by atoms with van der Waals surface area (Å²) in [6, 6.07) is 0. The number of carbonyl (C=O) groups is 3. The molecular weight excluding hydrogens is 853 g/mol. The van der Waals surface area contributed by atoms with E-state index in [-0.39, 0.29) is 37.5 Å². The van der Waals surface area contributed by atoms with Crippen LogP contribution in [-0.4, -0.2) is 37.2 Å². The van der Waals surface area contributed by atoms with E-state index in [4.69, 9.17) is 14.2 Å². The van der Waals surface area contributed by atoms with E-state index in [9.17, 15) is 14.4 Å². The summed E-state index contributed by atoms with van der Waals surface area (Å²) in [5.74, 6) is -0.994. The molecule has 0 rings (SSSR count). The first-order chi connectivity index (χ1) is 34.0. The third-order valence-electron chi connectivity index (χ3n) is 11.9. The maximum Gasteiger partial charge on any atom is 0.306 e. The Hall–Kier alpha value is -3.93. The van der Waals surface area contributed by atoms with Crippen LogP contribution in [-0.2, 0) is 28.6 Å². The Kier molecular flexibility index (Phi) is 53.4. The summed E-state index contributed by atoms with van der Waals surface area (Å²) in [6.45, 7) is 6.32. The molecule has 0 aromatic heterocycles. The first kappa shape index (κ1) is 65.1. The third-order valence-corrected chi connectivity index (χ3v) is 11.9. The standard InChI is InChI=1S/C63H104O6/c1-4-7-10-13-16-19-22-25-27-29-31-33-35-38-41-44-47-50-53-56-62(65)68-59-60(58-67-61(64)55-52-49-46-43-40-37-24-21-18-15-12-9-6-3)69-63(66)57-54-51-48-45-42-39-36-34-32-30-28-26-23-20-17-14-11-8-5-2/h7,9-10,12,15-16,18-19,21,24-25,27,31,33,37,40,43,46,60H,4-6,8,11,13-14,17,20,22-23,26,28-30,32,34-36,38-39,41-42,44-45,47-59H2,1-3H3/b10-7-,12-9-,18-15-,19-16-,24-21-,27-25-,33-31-,40-37-,46-43-. The Labute approximate surface area is 425 Å². The molecule has 0 saturated heterocycles. The normalized spacial score (nSPS) is 12.9. The molecule has 0 bridgehead atoms. The number of ether oxygens (including phenoxy) is 3. The van der Waals surface area contributed by atoms with Crippen LogP contribution in [0.2, 0.25) is 0 Å². The van der Waals surface area contributed by atoms with Crippen molar-refractivity contribution >= 4 is 17.9 Å². The van der Waals surface area contributed by atoms with Crippen molar-refractivity contribution in [1.29, 1.82) is 0 Å². The van der Waals surface area contributed by atoms with Gasteiger partial charge in [-0.25, -0.2) is 0 Å². The van der Waals surface area contributed by atoms with Crippen LogP contribution in [0.4, 0.5) is 0 Å². The molecule has 6 heteroatoms. The molecule has 0 radical (unpaired) electrons. The van der Waals surface area contributed by atoms with Gasteiger partial charge in [-0.1, -0.05) is 271 Å². The maximum atomic E-state index is 12.9. The molecule has 392 valence electrons. The molecule has 0 saturated carbocycles. The molecule has 0 fully saturated rings. The van der Waals surface area contributed by atoms with Crippen molar-refractivity contribution in [2.45, 2.75) is 258 Å². The number of rotatable bonds is 50. The minimum atomic E-state index is -0.813. The van der Waals surface area contributed by atoms with Crippen molar-refractivity contribution in [3.8, 4) is 0 Å². The van der Waals surface area contributed by atoms with Crippen molar-refractivity contribution in [1.82, 2.24) is 0 Å². The molecule has 0 amide bonds. The van der Waals surface area contributed by atoms with Crippen LogP contribution in [0.1, 0.15) is 252 Å². The summed E-state index contributed by atoms with van der Waals surface area (Å²) >= 11 is 0. The predicted molar refractivity (Wildman–Crippen MR) is 297 cm³/mol. The van der Waals surface area contributed by atoms with Gasteiger partial charge in [0.25, 0.3) is 0 Å². The van der Waals surface area contributed by atoms with Crippen molar-refractivity contribution in [2.75, 3.05) is 13.2 Å². The van der Waals surface area contributed by atoms with Crippen molar-refractivity contribution in [3.05, 3.63) is 109 Å². The number of esters is 3. The second kappa shape index (κ2) is 56.7. The minimum absolute atomic E-state index is 0.108. The maximum absolute atomic E-state index is 12.9. The van der Waals surface area contributed by atoms with Crippen molar-refractivity contribution in [3.63, 3.8) is 0 Å². The van der Waals surface area contributed by atoms with Crippen molar-refractivity contribution in [2.24, 2.45) is 0 Å². The average Bonchev–Trinajstić information content (AvgIpc) is 3.35. The fourth-order valence-corrected chi connectivity index (χ4v) is 7.70. The van der Waals surface area contributed by atoms with Crippen molar-refractivity contribution < 1.29 is 28.6 Å². The Morgan fingerprint density at radius 3 is 1.10 bits per heavy atom. The SMILES string of the molecule is CC\C=C/C=C\C=C/C=C\C=C/CCCC(=O)OCC(COC(=O)CCCCCCCC/C=C\C/C=C\C/C=C\C/C=C\CC)OC(=O)CCCCCCCCCCCCCCCCCCCCC. The summed E-state index contributed by atoms with van der Waals surface area (Å²) in [7, 11) is 0. The highest BCUT2D eigenvalue weighted by molar-refractivity contribution is 5.71. The lowest BCUT2D eigenvalue weighted by molar-refractivity contribution is -0.167. The summed E-state index contributed by atoms with van der Waals surface area (Å²) in [4.78, 5) is 38.1. The summed E-state index contributed by atoms with van der Waals surface area (Å²) in [6.07, 6.45) is 76.6. The molecule has 0 aromatic rings. The summed E-state index contributed by atoms with van der Waals surface area (Å²) in [5, 5.41) is 0. The smallest absolute Gasteiger partial charge is 0.306 e. The van der Waals surface area contributed by atoms with E-state index in [1.165, 1.54) is 116 Å². The van der Waals surface area contributed by atoms with Gasteiger partial charge in [0.05, 0.1) is 0 Å². The van der Waals surface area contributed by atoms with Gasteiger partial charge in [0.1, 0.15) is 13.2 Å². The molecule has 0 spiro atoms. The molecule has 0 aliphatic rings. The summed E-state index contributed by atoms with van der Waals surface area (Å²) in [5.41, 5.74) is 0. The third kappa shape index (κ3) is 54.9. The minimum Gasteiger partial charge on any atom is -0.462 e. The highest BCUT2D eigenvalue weighted by atomic mass is 16.6. The Morgan fingerprint density at radius 2 is 0.652 bits per heavy atom.